The average molecular weight is 575 g/mol. The number of hydrogen-bond donors (Lipinski definition) is 1. The number of nitrogens with one attached hydrogen (secondary N) is 1. The van der Waals surface area contributed by atoms with Gasteiger partial charge in [0.15, 0.2) is 11.5 Å². The number of ether oxygens (including phenoxy) is 4. The molecule has 0 amide bonds. The van der Waals surface area contributed by atoms with Crippen LogP contribution in [0.5, 0.6) is 23.0 Å². The van der Waals surface area contributed by atoms with Crippen LogP contribution in [0.3, 0.4) is 0 Å². The van der Waals surface area contributed by atoms with Gasteiger partial charge in [0.2, 0.25) is 0 Å². The van der Waals surface area contributed by atoms with Gasteiger partial charge in [0, 0.05) is 37.8 Å². The molecule has 11 heteroatoms. The summed E-state index contributed by atoms with van der Waals surface area (Å²) in [5.41, 5.74) is 2.64. The standard InChI is InChI=1S/C27H29F3N2O4.2ClH/c1-33-24-16-22(23(17-25(24)34-2)35-18-19-6-4-3-5-7-19)26(32-14-12-31-13-15-32)20-8-10-21(11-9-20)36-27(28,29)30;;/h3-11,16-17,26,31H,12-15,18H2,1-2H3;2*1H/t26-;;/m0../s1. The van der Waals surface area contributed by atoms with Crippen LogP contribution in [0.15, 0.2) is 66.7 Å². The third-order valence-corrected chi connectivity index (χ3v) is 5.99. The Bertz CT molecular complexity index is 1130. The van der Waals surface area contributed by atoms with Crippen molar-refractivity contribution in [2.45, 2.75) is 19.0 Å². The Morgan fingerprint density at radius 2 is 1.45 bits per heavy atom. The van der Waals surface area contributed by atoms with Crippen LogP contribution in [0.1, 0.15) is 22.7 Å². The molecule has 1 heterocycles. The zero-order chi connectivity index (χ0) is 25.5. The monoisotopic (exact) mass is 574 g/mol. The minimum absolute atomic E-state index is 0. The van der Waals surface area contributed by atoms with Crippen molar-refractivity contribution in [2.24, 2.45) is 0 Å². The molecule has 1 fully saturated rings. The first-order valence-electron chi connectivity index (χ1n) is 11.6. The first-order chi connectivity index (χ1) is 17.4. The number of alkyl halides is 3. The van der Waals surface area contributed by atoms with E-state index in [2.05, 4.69) is 15.0 Å². The molecule has 0 bridgehead atoms. The highest BCUT2D eigenvalue weighted by atomic mass is 35.5. The Morgan fingerprint density at radius 1 is 0.842 bits per heavy atom. The van der Waals surface area contributed by atoms with Gasteiger partial charge in [-0.05, 0) is 29.3 Å². The molecule has 1 saturated heterocycles. The second kappa shape index (κ2) is 14.3. The Kier molecular flexibility index (Phi) is 11.8. The lowest BCUT2D eigenvalue weighted by Gasteiger charge is -2.36. The molecule has 0 spiro atoms. The van der Waals surface area contributed by atoms with Gasteiger partial charge in [-0.25, -0.2) is 0 Å². The lowest BCUT2D eigenvalue weighted by atomic mass is 9.94. The number of rotatable bonds is 9. The van der Waals surface area contributed by atoms with Crippen molar-refractivity contribution in [3.63, 3.8) is 0 Å². The molecular weight excluding hydrogens is 544 g/mol. The fourth-order valence-electron chi connectivity index (χ4n) is 4.33. The molecule has 0 aliphatic carbocycles. The fraction of sp³-hybridized carbons (Fsp3) is 0.333. The largest absolute Gasteiger partial charge is 0.573 e. The summed E-state index contributed by atoms with van der Waals surface area (Å²) in [5, 5.41) is 3.35. The predicted molar refractivity (Wildman–Crippen MR) is 144 cm³/mol. The van der Waals surface area contributed by atoms with Crippen molar-refractivity contribution in [1.82, 2.24) is 10.2 Å². The van der Waals surface area contributed by atoms with Gasteiger partial charge in [0.05, 0.1) is 20.3 Å². The van der Waals surface area contributed by atoms with Gasteiger partial charge in [-0.1, -0.05) is 42.5 Å². The molecule has 0 unspecified atom stereocenters. The molecular formula is C27H31Cl2F3N2O4. The number of nitrogens with zero attached hydrogens (tertiary/aromatic N) is 1. The molecule has 1 N–H and O–H groups in total. The zero-order valence-electron chi connectivity index (χ0n) is 21.0. The van der Waals surface area contributed by atoms with Gasteiger partial charge in [0.1, 0.15) is 18.1 Å². The number of benzene rings is 3. The molecule has 6 nitrogen and oxygen atoms in total. The minimum atomic E-state index is -4.75. The summed E-state index contributed by atoms with van der Waals surface area (Å²) in [4.78, 5) is 2.27. The van der Waals surface area contributed by atoms with Crippen molar-refractivity contribution in [1.29, 1.82) is 0 Å². The van der Waals surface area contributed by atoms with E-state index in [1.165, 1.54) is 12.1 Å². The highest BCUT2D eigenvalue weighted by Crippen LogP contribution is 2.42. The van der Waals surface area contributed by atoms with Crippen LogP contribution < -0.4 is 24.3 Å². The van der Waals surface area contributed by atoms with Crippen LogP contribution in [0.2, 0.25) is 0 Å². The number of hydrogen-bond acceptors (Lipinski definition) is 6. The molecule has 1 aliphatic heterocycles. The summed E-state index contributed by atoms with van der Waals surface area (Å²) in [7, 11) is 3.13. The maximum Gasteiger partial charge on any atom is 0.573 e. The Morgan fingerprint density at radius 3 is 2.03 bits per heavy atom. The third kappa shape index (κ3) is 8.07. The molecule has 0 saturated carbocycles. The molecule has 4 rings (SSSR count). The molecule has 1 atom stereocenters. The van der Waals surface area contributed by atoms with Crippen molar-refractivity contribution in [3.05, 3.63) is 83.4 Å². The Labute approximate surface area is 232 Å². The molecule has 0 radical (unpaired) electrons. The van der Waals surface area contributed by atoms with Crippen molar-refractivity contribution < 1.29 is 32.1 Å². The summed E-state index contributed by atoms with van der Waals surface area (Å²) >= 11 is 0. The van der Waals surface area contributed by atoms with E-state index < -0.39 is 6.36 Å². The van der Waals surface area contributed by atoms with Crippen LogP contribution in [0, 0.1) is 0 Å². The van der Waals surface area contributed by atoms with Crippen LogP contribution in [0.25, 0.3) is 0 Å². The van der Waals surface area contributed by atoms with E-state index in [0.29, 0.717) is 23.9 Å². The van der Waals surface area contributed by atoms with Crippen LogP contribution in [-0.2, 0) is 6.61 Å². The predicted octanol–water partition coefficient (Wildman–Crippen LogP) is 6.02. The Balaban J connectivity index is 0.00000253. The summed E-state index contributed by atoms with van der Waals surface area (Å²) < 4.78 is 59.6. The number of piperazine rings is 1. The highest BCUT2D eigenvalue weighted by Gasteiger charge is 2.32. The summed E-state index contributed by atoms with van der Waals surface area (Å²) in [6.07, 6.45) is -4.75. The van der Waals surface area contributed by atoms with Gasteiger partial charge in [-0.2, -0.15) is 0 Å². The van der Waals surface area contributed by atoms with E-state index in [-0.39, 0.29) is 36.6 Å². The fourth-order valence-corrected chi connectivity index (χ4v) is 4.33. The summed E-state index contributed by atoms with van der Waals surface area (Å²) in [5.74, 6) is 1.41. The van der Waals surface area contributed by atoms with Crippen molar-refractivity contribution >= 4 is 24.8 Å². The van der Waals surface area contributed by atoms with Crippen LogP contribution in [-0.4, -0.2) is 51.7 Å². The summed E-state index contributed by atoms with van der Waals surface area (Å²) in [6, 6.07) is 19.2. The minimum Gasteiger partial charge on any atom is -0.493 e. The van der Waals surface area contributed by atoms with E-state index >= 15 is 0 Å². The SMILES string of the molecule is COc1cc(OCc2ccccc2)c([C@H](c2ccc(OC(F)(F)F)cc2)N2CCNCC2)cc1OC.Cl.Cl. The zero-order valence-corrected chi connectivity index (χ0v) is 22.6. The summed E-state index contributed by atoms with van der Waals surface area (Å²) in [6.45, 7) is 3.42. The van der Waals surface area contributed by atoms with E-state index in [9.17, 15) is 13.2 Å². The second-order valence-electron chi connectivity index (χ2n) is 8.32. The molecule has 0 aromatic heterocycles. The Hall–Kier alpha value is -2.85. The molecule has 38 heavy (non-hydrogen) atoms. The first-order valence-corrected chi connectivity index (χ1v) is 11.6. The topological polar surface area (TPSA) is 52.2 Å². The highest BCUT2D eigenvalue weighted by molar-refractivity contribution is 5.85. The first kappa shape index (κ1) is 31.4. The van der Waals surface area contributed by atoms with Crippen LogP contribution >= 0.6 is 24.8 Å². The van der Waals surface area contributed by atoms with E-state index in [1.54, 1.807) is 32.4 Å². The van der Waals surface area contributed by atoms with Gasteiger partial charge in [-0.15, -0.1) is 38.0 Å². The lowest BCUT2D eigenvalue weighted by Crippen LogP contribution is -2.45. The van der Waals surface area contributed by atoms with Gasteiger partial charge >= 0.3 is 6.36 Å². The maximum atomic E-state index is 12.7. The smallest absolute Gasteiger partial charge is 0.493 e. The molecule has 1 aliphatic rings. The third-order valence-electron chi connectivity index (χ3n) is 5.99. The number of methoxy groups -OCH3 is 2. The van der Waals surface area contributed by atoms with Gasteiger partial charge < -0.3 is 24.3 Å². The molecule has 3 aromatic rings. The lowest BCUT2D eigenvalue weighted by molar-refractivity contribution is -0.274. The van der Waals surface area contributed by atoms with E-state index in [4.69, 9.17) is 14.2 Å². The van der Waals surface area contributed by atoms with Crippen LogP contribution in [0.4, 0.5) is 13.2 Å². The maximum absolute atomic E-state index is 12.7. The van der Waals surface area contributed by atoms with Gasteiger partial charge in [0.25, 0.3) is 0 Å². The van der Waals surface area contributed by atoms with Gasteiger partial charge in [-0.3, -0.25) is 4.90 Å². The van der Waals surface area contributed by atoms with Crippen molar-refractivity contribution in [3.8, 4) is 23.0 Å². The van der Waals surface area contributed by atoms with E-state index in [0.717, 1.165) is 42.9 Å². The molecule has 208 valence electrons. The quantitative estimate of drug-likeness (QED) is 0.337. The number of halogens is 5. The normalized spacial score (nSPS) is 14.4. The van der Waals surface area contributed by atoms with Crippen molar-refractivity contribution in [2.75, 3.05) is 40.4 Å². The average Bonchev–Trinajstić information content (AvgIpc) is 2.89. The second-order valence-corrected chi connectivity index (χ2v) is 8.32. The molecule has 3 aromatic carbocycles. The van der Waals surface area contributed by atoms with E-state index in [1.807, 2.05) is 36.4 Å².